The number of carbonyl (C=O) groups is 2. The van der Waals surface area contributed by atoms with Crippen LogP contribution in [0.1, 0.15) is 127 Å². The van der Waals surface area contributed by atoms with Gasteiger partial charge >= 0.3 is 0 Å². The molecule has 13 heteroatoms. The molecule has 298 valence electrons. The lowest BCUT2D eigenvalue weighted by Gasteiger charge is -2.36. The second-order valence-electron chi connectivity index (χ2n) is 18.3. The van der Waals surface area contributed by atoms with E-state index in [-0.39, 0.29) is 33.3 Å². The van der Waals surface area contributed by atoms with Crippen LogP contribution in [0.4, 0.5) is 0 Å². The quantitative estimate of drug-likeness (QED) is 0.136. The fourth-order valence-corrected chi connectivity index (χ4v) is 8.49. The van der Waals surface area contributed by atoms with Gasteiger partial charge < -0.3 is 26.6 Å². The molecule has 0 saturated heterocycles. The van der Waals surface area contributed by atoms with Crippen LogP contribution in [0.25, 0.3) is 11.3 Å². The fraction of sp³-hybridized carbons (Fsp3) is 0.476. The van der Waals surface area contributed by atoms with E-state index in [1.807, 2.05) is 83.1 Å². The highest BCUT2D eigenvalue weighted by Crippen LogP contribution is 2.46. The Morgan fingerprint density at radius 3 is 1.49 bits per heavy atom. The van der Waals surface area contributed by atoms with E-state index < -0.39 is 54.2 Å². The van der Waals surface area contributed by atoms with Gasteiger partial charge in [0, 0.05) is 30.8 Å². The van der Waals surface area contributed by atoms with Gasteiger partial charge in [-0.25, -0.2) is 8.42 Å². The Labute approximate surface area is 325 Å². The van der Waals surface area contributed by atoms with Gasteiger partial charge in [-0.3, -0.25) is 9.59 Å². The number of carbonyl (C=O) groups excluding carboxylic acids is 2. The first kappa shape index (κ1) is 43.0. The molecule has 4 rings (SSSR count). The van der Waals surface area contributed by atoms with Crippen LogP contribution in [0.2, 0.25) is 0 Å². The van der Waals surface area contributed by atoms with Gasteiger partial charge in [-0.15, -0.1) is 5.10 Å². The summed E-state index contributed by atoms with van der Waals surface area (Å²) >= 11 is 0. The average molecular weight is 775 g/mol. The highest BCUT2D eigenvalue weighted by Gasteiger charge is 2.57. The molecule has 1 unspecified atom stereocenters. The fourth-order valence-electron chi connectivity index (χ4n) is 6.71. The zero-order valence-corrected chi connectivity index (χ0v) is 35.4. The number of aromatic hydroxyl groups is 2. The number of hydrogen-bond acceptors (Lipinski definition) is 9. The van der Waals surface area contributed by atoms with Crippen molar-refractivity contribution in [1.82, 2.24) is 25.6 Å². The maximum absolute atomic E-state index is 15.0. The molecule has 55 heavy (non-hydrogen) atoms. The van der Waals surface area contributed by atoms with Crippen molar-refractivity contribution in [2.45, 2.75) is 121 Å². The van der Waals surface area contributed by atoms with Crippen molar-refractivity contribution < 1.29 is 28.2 Å². The smallest absolute Gasteiger partial charge is 0.273 e. The second kappa shape index (κ2) is 14.4. The number of phenolic OH excluding ortho intramolecular Hbond substituents is 2. The van der Waals surface area contributed by atoms with E-state index in [1.165, 1.54) is 38.4 Å². The van der Waals surface area contributed by atoms with Gasteiger partial charge in [0.05, 0.1) is 4.90 Å². The van der Waals surface area contributed by atoms with Crippen LogP contribution >= 0.6 is 0 Å². The number of aromatic nitrogens is 3. The van der Waals surface area contributed by atoms with Crippen molar-refractivity contribution in [2.24, 2.45) is 5.73 Å². The first-order chi connectivity index (χ1) is 25.0. The zero-order valence-electron chi connectivity index (χ0n) is 34.6. The van der Waals surface area contributed by atoms with Crippen molar-refractivity contribution in [1.29, 1.82) is 0 Å². The Kier molecular flexibility index (Phi) is 11.2. The van der Waals surface area contributed by atoms with Crippen molar-refractivity contribution in [3.05, 3.63) is 88.1 Å². The van der Waals surface area contributed by atoms with Crippen LogP contribution in [0.3, 0.4) is 0 Å². The number of nitrogens with two attached hydrogens (primary N) is 1. The SMILES string of the molecule is CNC(=O)c1nn(C(c2cc(C(C)(C)C)c(O)c(C(C)(C)C)c2)[C@](N)(C(=O)NC)S(=O)(=O)c2ccccc2)nc1-c1cc(C(C)(C)C)c(O)c(C(C)(C)C)c1. The molecule has 0 saturated carbocycles. The van der Waals surface area contributed by atoms with Crippen LogP contribution in [0.15, 0.2) is 59.5 Å². The number of nitrogens with zero attached hydrogens (tertiary/aromatic N) is 3. The molecule has 2 amide bonds. The molecule has 0 fully saturated rings. The molecule has 12 nitrogen and oxygen atoms in total. The molecule has 1 heterocycles. The number of phenols is 2. The molecule has 0 spiro atoms. The first-order valence-corrected chi connectivity index (χ1v) is 19.8. The van der Waals surface area contributed by atoms with Crippen molar-refractivity contribution in [2.75, 3.05) is 14.1 Å². The summed E-state index contributed by atoms with van der Waals surface area (Å²) in [5.74, 6) is -1.56. The molecule has 6 N–H and O–H groups in total. The van der Waals surface area contributed by atoms with Crippen LogP contribution in [0, 0.1) is 0 Å². The van der Waals surface area contributed by atoms with Gasteiger partial charge in [-0.05, 0) is 74.7 Å². The molecule has 0 aliphatic heterocycles. The first-order valence-electron chi connectivity index (χ1n) is 18.3. The number of amides is 2. The third kappa shape index (κ3) is 7.86. The number of rotatable bonds is 8. The molecule has 4 aromatic rings. The Morgan fingerprint density at radius 2 is 1.11 bits per heavy atom. The molecule has 0 radical (unpaired) electrons. The summed E-state index contributed by atoms with van der Waals surface area (Å²) in [6, 6.07) is 12.4. The van der Waals surface area contributed by atoms with E-state index in [1.54, 1.807) is 30.3 Å². The van der Waals surface area contributed by atoms with Gasteiger partial charge in [0.1, 0.15) is 23.2 Å². The number of nitrogens with one attached hydrogen (secondary N) is 2. The van der Waals surface area contributed by atoms with E-state index in [0.717, 1.165) is 4.80 Å². The van der Waals surface area contributed by atoms with Gasteiger partial charge in [-0.2, -0.15) is 9.90 Å². The van der Waals surface area contributed by atoms with Crippen LogP contribution in [-0.2, 0) is 36.3 Å². The van der Waals surface area contributed by atoms with Crippen molar-refractivity contribution in [3.63, 3.8) is 0 Å². The second-order valence-corrected chi connectivity index (χ2v) is 20.4. The van der Waals surface area contributed by atoms with Gasteiger partial charge in [0.25, 0.3) is 11.8 Å². The Balaban J connectivity index is 2.30. The molecular weight excluding hydrogens is 717 g/mol. The lowest BCUT2D eigenvalue weighted by molar-refractivity contribution is -0.124. The number of hydrogen-bond donors (Lipinski definition) is 5. The highest BCUT2D eigenvalue weighted by atomic mass is 32.2. The molecular formula is C42H58N6O6S. The van der Waals surface area contributed by atoms with Gasteiger partial charge in [0.15, 0.2) is 5.69 Å². The van der Waals surface area contributed by atoms with Crippen LogP contribution < -0.4 is 16.4 Å². The number of likely N-dealkylation sites (N-methyl/N-ethyl adjacent to an activating group) is 1. The molecule has 0 aliphatic rings. The predicted molar refractivity (Wildman–Crippen MR) is 216 cm³/mol. The summed E-state index contributed by atoms with van der Waals surface area (Å²) in [5, 5.41) is 37.9. The lowest BCUT2D eigenvalue weighted by Crippen LogP contribution is -2.64. The molecule has 2 atom stereocenters. The third-order valence-corrected chi connectivity index (χ3v) is 12.0. The normalized spacial score (nSPS) is 14.6. The van der Waals surface area contributed by atoms with E-state index in [9.17, 15) is 28.2 Å². The van der Waals surface area contributed by atoms with Gasteiger partial charge in [0.2, 0.25) is 14.7 Å². The largest absolute Gasteiger partial charge is 0.507 e. The summed E-state index contributed by atoms with van der Waals surface area (Å²) in [7, 11) is -2.08. The lowest BCUT2D eigenvalue weighted by atomic mass is 9.77. The molecule has 0 bridgehead atoms. The topological polar surface area (TPSA) is 190 Å². The summed E-state index contributed by atoms with van der Waals surface area (Å²) in [6.07, 6.45) is 0. The summed E-state index contributed by atoms with van der Waals surface area (Å²) in [5.41, 5.74) is 7.38. The molecule has 0 aliphatic carbocycles. The summed E-state index contributed by atoms with van der Waals surface area (Å²) < 4.78 is 29.9. The molecule has 1 aromatic heterocycles. The van der Waals surface area contributed by atoms with E-state index in [2.05, 4.69) is 15.7 Å². The van der Waals surface area contributed by atoms with Crippen LogP contribution in [0.5, 0.6) is 11.5 Å². The Hall–Kier alpha value is -4.75. The average Bonchev–Trinajstić information content (AvgIpc) is 3.51. The maximum atomic E-state index is 15.0. The Morgan fingerprint density at radius 1 is 0.691 bits per heavy atom. The Bertz CT molecular complexity index is 2150. The predicted octanol–water partition coefficient (Wildman–Crippen LogP) is 6.37. The summed E-state index contributed by atoms with van der Waals surface area (Å²) in [4.78, 5) is 26.1. The minimum absolute atomic E-state index is 0.0182. The number of benzene rings is 3. The monoisotopic (exact) mass is 774 g/mol. The van der Waals surface area contributed by atoms with E-state index >= 15 is 0 Å². The van der Waals surface area contributed by atoms with Crippen LogP contribution in [-0.4, -0.2) is 64.4 Å². The number of sulfone groups is 1. The maximum Gasteiger partial charge on any atom is 0.273 e. The zero-order chi connectivity index (χ0) is 41.9. The van der Waals surface area contributed by atoms with Gasteiger partial charge in [-0.1, -0.05) is 101 Å². The minimum atomic E-state index is -4.80. The standard InChI is InChI=1S/C42H58N6O6S/c1-38(2,3)27-20-24(21-28(33(27)49)39(4,5)6)31-32(36(51)44-13)47-48(46-31)35(25-22-29(40(7,8)9)34(50)30(23-25)41(10,11)12)42(43,37(52)45-14)55(53,54)26-18-16-15-17-19-26/h15-23,35,49-50H,43H2,1-14H3,(H,44,51)(H,45,52)/t35?,42-/m1/s1. The highest BCUT2D eigenvalue weighted by molar-refractivity contribution is 7.93. The summed E-state index contributed by atoms with van der Waals surface area (Å²) in [6.45, 7) is 23.1. The van der Waals surface area contributed by atoms with Crippen molar-refractivity contribution in [3.8, 4) is 22.8 Å². The van der Waals surface area contributed by atoms with E-state index in [0.29, 0.717) is 27.8 Å². The van der Waals surface area contributed by atoms with E-state index in [4.69, 9.17) is 10.8 Å². The van der Waals surface area contributed by atoms with Crippen molar-refractivity contribution >= 4 is 21.7 Å². The minimum Gasteiger partial charge on any atom is -0.507 e. The third-order valence-electron chi connectivity index (χ3n) is 9.85. The molecule has 3 aromatic carbocycles.